The van der Waals surface area contributed by atoms with Crippen LogP contribution in [0.1, 0.15) is 11.1 Å². The highest BCUT2D eigenvalue weighted by atomic mass is 35.5. The Hall–Kier alpha value is -4.08. The predicted octanol–water partition coefficient (Wildman–Crippen LogP) is 6.82. The van der Waals surface area contributed by atoms with Crippen molar-refractivity contribution < 1.29 is 18.6 Å². The van der Waals surface area contributed by atoms with Crippen molar-refractivity contribution in [3.05, 3.63) is 77.1 Å². The van der Waals surface area contributed by atoms with Crippen molar-refractivity contribution in [2.45, 2.75) is 13.5 Å². The number of aryl methyl sites for hydroxylation is 1. The van der Waals surface area contributed by atoms with E-state index in [1.165, 1.54) is 11.3 Å². The number of hydrogen-bond donors (Lipinski definition) is 0. The molecule has 10 heteroatoms. The van der Waals surface area contributed by atoms with Gasteiger partial charge in [0.25, 0.3) is 5.19 Å². The van der Waals surface area contributed by atoms with Crippen LogP contribution in [-0.4, -0.2) is 33.8 Å². The first-order valence-electron chi connectivity index (χ1n) is 11.4. The minimum atomic E-state index is 0.337. The van der Waals surface area contributed by atoms with Gasteiger partial charge in [0.05, 0.1) is 36.5 Å². The van der Waals surface area contributed by atoms with Crippen LogP contribution in [0.15, 0.2) is 65.3 Å². The molecule has 0 amide bonds. The number of rotatable bonds is 7. The molecule has 4 aromatic heterocycles. The molecule has 0 bridgehead atoms. The summed E-state index contributed by atoms with van der Waals surface area (Å²) in [5, 5.41) is 6.31. The summed E-state index contributed by atoms with van der Waals surface area (Å²) < 4.78 is 24.7. The highest BCUT2D eigenvalue weighted by molar-refractivity contribution is 7.18. The fourth-order valence-corrected chi connectivity index (χ4v) is 5.07. The van der Waals surface area contributed by atoms with Crippen LogP contribution in [0.2, 0.25) is 5.02 Å². The van der Waals surface area contributed by atoms with Crippen molar-refractivity contribution in [3.63, 3.8) is 0 Å². The van der Waals surface area contributed by atoms with Crippen molar-refractivity contribution in [1.29, 1.82) is 0 Å². The van der Waals surface area contributed by atoms with Crippen molar-refractivity contribution in [3.8, 4) is 39.4 Å². The van der Waals surface area contributed by atoms with Crippen LogP contribution in [-0.2, 0) is 6.61 Å². The molecule has 0 N–H and O–H groups in total. The predicted molar refractivity (Wildman–Crippen MR) is 143 cm³/mol. The minimum absolute atomic E-state index is 0.337. The summed E-state index contributed by atoms with van der Waals surface area (Å²) in [6.07, 6.45) is 3.61. The van der Waals surface area contributed by atoms with Crippen LogP contribution in [0.4, 0.5) is 0 Å². The summed E-state index contributed by atoms with van der Waals surface area (Å²) in [5.74, 6) is 1.87. The molecule has 2 aromatic carbocycles. The van der Waals surface area contributed by atoms with Crippen molar-refractivity contribution in [2.75, 3.05) is 14.2 Å². The third-order valence-corrected chi connectivity index (χ3v) is 7.01. The molecule has 4 heterocycles. The third kappa shape index (κ3) is 4.47. The summed E-state index contributed by atoms with van der Waals surface area (Å²) >= 11 is 7.80. The number of fused-ring (bicyclic) bond motifs is 2. The maximum absolute atomic E-state index is 6.44. The summed E-state index contributed by atoms with van der Waals surface area (Å²) in [4.78, 5) is 9.84. The summed E-state index contributed by atoms with van der Waals surface area (Å²) in [6, 6.07) is 15.5. The molecule has 0 aliphatic heterocycles. The molecule has 0 unspecified atom stereocenters. The molecular weight excluding hydrogens is 512 g/mol. The normalized spacial score (nSPS) is 11.4. The number of imidazole rings is 1. The zero-order valence-electron chi connectivity index (χ0n) is 20.2. The first-order chi connectivity index (χ1) is 18.0. The lowest BCUT2D eigenvalue weighted by Gasteiger charge is -2.11. The summed E-state index contributed by atoms with van der Waals surface area (Å²) in [6.45, 7) is 2.30. The monoisotopic (exact) mass is 532 g/mol. The topological polar surface area (TPSA) is 83.9 Å². The fourth-order valence-electron chi connectivity index (χ4n) is 4.04. The van der Waals surface area contributed by atoms with E-state index >= 15 is 0 Å². The lowest BCUT2D eigenvalue weighted by Crippen LogP contribution is -1.97. The number of benzene rings is 2. The van der Waals surface area contributed by atoms with E-state index in [0.29, 0.717) is 50.3 Å². The Kier molecular flexibility index (Phi) is 5.94. The second-order valence-electron chi connectivity index (χ2n) is 8.41. The van der Waals surface area contributed by atoms with Crippen LogP contribution in [0.3, 0.4) is 0 Å². The van der Waals surface area contributed by atoms with Crippen LogP contribution < -0.4 is 14.2 Å². The minimum Gasteiger partial charge on any atom is -0.496 e. The van der Waals surface area contributed by atoms with Crippen LogP contribution in [0.25, 0.3) is 38.6 Å². The van der Waals surface area contributed by atoms with Gasteiger partial charge in [0.15, 0.2) is 5.76 Å². The maximum atomic E-state index is 6.44. The zero-order chi connectivity index (χ0) is 25.5. The van der Waals surface area contributed by atoms with E-state index in [0.717, 1.165) is 27.8 Å². The highest BCUT2D eigenvalue weighted by Crippen LogP contribution is 2.38. The molecule has 186 valence electrons. The Morgan fingerprint density at radius 1 is 1.08 bits per heavy atom. The molecule has 0 aliphatic carbocycles. The van der Waals surface area contributed by atoms with E-state index in [2.05, 4.69) is 15.1 Å². The van der Waals surface area contributed by atoms with Gasteiger partial charge in [-0.25, -0.2) is 9.50 Å². The molecule has 6 aromatic rings. The van der Waals surface area contributed by atoms with Crippen molar-refractivity contribution in [1.82, 2.24) is 19.6 Å². The number of halogens is 1. The molecule has 0 aliphatic rings. The first-order valence-corrected chi connectivity index (χ1v) is 12.6. The molecule has 0 spiro atoms. The van der Waals surface area contributed by atoms with Crippen LogP contribution in [0.5, 0.6) is 16.7 Å². The Labute approximate surface area is 221 Å². The fraction of sp³-hybridized carbons (Fsp3) is 0.148. The molecular formula is C27H21ClN4O4S. The SMILES string of the molecule is COc1cc(OCc2cccc(-c3ncc(C)cc3Cl)c2)c2cc(-c3cn4nc(OC)sc4n3)oc2c1. The van der Waals surface area contributed by atoms with Gasteiger partial charge in [-0.15, -0.1) is 5.10 Å². The average molecular weight is 533 g/mol. The van der Waals surface area contributed by atoms with E-state index < -0.39 is 0 Å². The number of furan rings is 1. The smallest absolute Gasteiger partial charge is 0.294 e. The molecule has 37 heavy (non-hydrogen) atoms. The Bertz CT molecular complexity index is 1730. The third-order valence-electron chi connectivity index (χ3n) is 5.83. The largest absolute Gasteiger partial charge is 0.496 e. The van der Waals surface area contributed by atoms with E-state index in [1.807, 2.05) is 61.7 Å². The molecule has 0 fully saturated rings. The Balaban J connectivity index is 1.30. The van der Waals surface area contributed by atoms with Gasteiger partial charge in [-0.3, -0.25) is 4.98 Å². The molecule has 0 atom stereocenters. The van der Waals surface area contributed by atoms with Crippen molar-refractivity contribution >= 4 is 38.9 Å². The van der Waals surface area contributed by atoms with Gasteiger partial charge in [-0.05, 0) is 47.6 Å². The van der Waals surface area contributed by atoms with Crippen molar-refractivity contribution in [2.24, 2.45) is 0 Å². The standard InChI is InChI=1S/C27H21ClN4O4S/c1-15-7-20(28)25(29-12-15)17-6-4-5-16(8-17)14-35-22-9-18(33-2)10-23-19(22)11-24(36-23)21-13-32-26(30-21)37-27(31-32)34-3/h4-13H,14H2,1-3H3. The van der Waals surface area contributed by atoms with Gasteiger partial charge >= 0.3 is 0 Å². The van der Waals surface area contributed by atoms with E-state index in [9.17, 15) is 0 Å². The number of aromatic nitrogens is 4. The number of nitrogens with zero attached hydrogens (tertiary/aromatic N) is 4. The van der Waals surface area contributed by atoms with Gasteiger partial charge in [-0.2, -0.15) is 0 Å². The second-order valence-corrected chi connectivity index (χ2v) is 9.73. The molecule has 6 rings (SSSR count). The quantitative estimate of drug-likeness (QED) is 0.223. The van der Waals surface area contributed by atoms with E-state index in [4.69, 9.17) is 30.2 Å². The van der Waals surface area contributed by atoms with Gasteiger partial charge < -0.3 is 18.6 Å². The molecule has 8 nitrogen and oxygen atoms in total. The number of hydrogen-bond acceptors (Lipinski definition) is 8. The average Bonchev–Trinajstić information content (AvgIpc) is 3.60. The molecule has 0 saturated carbocycles. The Morgan fingerprint density at radius 3 is 2.76 bits per heavy atom. The van der Waals surface area contributed by atoms with E-state index in [1.54, 1.807) is 24.9 Å². The summed E-state index contributed by atoms with van der Waals surface area (Å²) in [5.41, 5.74) is 4.96. The van der Waals surface area contributed by atoms with Crippen LogP contribution >= 0.6 is 22.9 Å². The van der Waals surface area contributed by atoms with Crippen LogP contribution in [0, 0.1) is 6.92 Å². The maximum Gasteiger partial charge on any atom is 0.294 e. The van der Waals surface area contributed by atoms with E-state index in [-0.39, 0.29) is 0 Å². The lowest BCUT2D eigenvalue weighted by molar-refractivity contribution is 0.307. The summed E-state index contributed by atoms with van der Waals surface area (Å²) in [7, 11) is 3.19. The first kappa shape index (κ1) is 23.3. The van der Waals surface area contributed by atoms with Gasteiger partial charge in [-0.1, -0.05) is 29.8 Å². The molecule has 0 radical (unpaired) electrons. The molecule has 0 saturated heterocycles. The van der Waals surface area contributed by atoms with Gasteiger partial charge in [0, 0.05) is 23.9 Å². The highest BCUT2D eigenvalue weighted by Gasteiger charge is 2.17. The lowest BCUT2D eigenvalue weighted by atomic mass is 10.1. The van der Waals surface area contributed by atoms with Gasteiger partial charge in [0.1, 0.15) is 29.4 Å². The second kappa shape index (κ2) is 9.42. The zero-order valence-corrected chi connectivity index (χ0v) is 21.8. The number of methoxy groups -OCH3 is 2. The number of pyridine rings is 1. The Morgan fingerprint density at radius 2 is 1.97 bits per heavy atom. The number of ether oxygens (including phenoxy) is 3. The van der Waals surface area contributed by atoms with Gasteiger partial charge in [0.2, 0.25) is 4.96 Å².